The summed E-state index contributed by atoms with van der Waals surface area (Å²) < 4.78 is 0. The monoisotopic (exact) mass is 395 g/mol. The zero-order valence-corrected chi connectivity index (χ0v) is 15.9. The van der Waals surface area contributed by atoms with E-state index in [9.17, 15) is 15.0 Å². The Labute approximate surface area is 167 Å². The number of phenolic OH excluding ortho intramolecular Hbond substituents is 2. The number of rotatable bonds is 2. The largest absolute Gasteiger partial charge is 0.508 e. The molecule has 0 saturated carbocycles. The number of anilines is 1. The Morgan fingerprint density at radius 1 is 1.11 bits per heavy atom. The zero-order chi connectivity index (χ0) is 19.8. The lowest BCUT2D eigenvalue weighted by atomic mass is 9.97. The van der Waals surface area contributed by atoms with Crippen molar-refractivity contribution in [2.24, 2.45) is 0 Å². The van der Waals surface area contributed by atoms with E-state index in [1.807, 2.05) is 18.2 Å². The molecule has 7 heteroatoms. The second-order valence-electron chi connectivity index (χ2n) is 6.73. The molecule has 0 unspecified atom stereocenters. The third-order valence-corrected chi connectivity index (χ3v) is 4.95. The van der Waals surface area contributed by atoms with Crippen LogP contribution < -0.4 is 4.90 Å². The molecule has 2 N–H and O–H groups in total. The smallest absolute Gasteiger partial charge is 0.262 e. The Hall–Kier alpha value is -3.12. The van der Waals surface area contributed by atoms with Gasteiger partial charge in [0.25, 0.3) is 5.91 Å². The van der Waals surface area contributed by atoms with Crippen molar-refractivity contribution in [3.05, 3.63) is 64.6 Å². The third-order valence-electron chi connectivity index (χ3n) is 4.76. The average Bonchev–Trinajstić information content (AvgIpc) is 2.66. The van der Waals surface area contributed by atoms with E-state index in [4.69, 9.17) is 11.6 Å². The van der Waals surface area contributed by atoms with Gasteiger partial charge in [0.2, 0.25) is 0 Å². The first-order valence-electron chi connectivity index (χ1n) is 8.91. The molecular formula is C21H18ClN3O3. The van der Waals surface area contributed by atoms with Gasteiger partial charge in [0.15, 0.2) is 0 Å². The highest BCUT2D eigenvalue weighted by Crippen LogP contribution is 2.34. The summed E-state index contributed by atoms with van der Waals surface area (Å²) >= 11 is 6.06. The molecule has 6 nitrogen and oxygen atoms in total. The number of nitrogens with zero attached hydrogens (tertiary/aromatic N) is 3. The van der Waals surface area contributed by atoms with E-state index in [0.29, 0.717) is 17.5 Å². The van der Waals surface area contributed by atoms with Crippen molar-refractivity contribution in [3.8, 4) is 22.8 Å². The number of fused-ring (bicyclic) bond motifs is 1. The number of aryl methyl sites for hydroxylation is 2. The fourth-order valence-electron chi connectivity index (χ4n) is 3.49. The van der Waals surface area contributed by atoms with Gasteiger partial charge < -0.3 is 15.1 Å². The van der Waals surface area contributed by atoms with Crippen LogP contribution in [-0.2, 0) is 6.42 Å². The van der Waals surface area contributed by atoms with Crippen molar-refractivity contribution in [2.75, 3.05) is 11.4 Å². The van der Waals surface area contributed by atoms with E-state index in [2.05, 4.69) is 9.97 Å². The second kappa shape index (κ2) is 7.13. The predicted molar refractivity (Wildman–Crippen MR) is 107 cm³/mol. The van der Waals surface area contributed by atoms with Crippen LogP contribution in [-0.4, -0.2) is 32.6 Å². The van der Waals surface area contributed by atoms with Crippen LogP contribution >= 0.6 is 11.6 Å². The molecule has 28 heavy (non-hydrogen) atoms. The summed E-state index contributed by atoms with van der Waals surface area (Å²) in [5.74, 6) is -0.0247. The van der Waals surface area contributed by atoms with Crippen molar-refractivity contribution in [1.29, 1.82) is 0 Å². The molecule has 0 spiro atoms. The maximum atomic E-state index is 13.0. The number of carbonyl (C=O) groups excluding carboxylic acids is 1. The number of phenols is 2. The number of hydrogen-bond donors (Lipinski definition) is 2. The molecule has 0 radical (unpaired) electrons. The van der Waals surface area contributed by atoms with Gasteiger partial charge in [0.05, 0.1) is 11.3 Å². The van der Waals surface area contributed by atoms with E-state index in [1.165, 1.54) is 18.2 Å². The standard InChI is InChI=1S/C21H18ClN3O3/c1-12-23-17(11-20(22)24-12)13-4-7-18-14(9-13)3-2-8-25(18)21(28)16-6-5-15(26)10-19(16)27/h4-7,9-11,26-27H,2-3,8H2,1H3. The van der Waals surface area contributed by atoms with Gasteiger partial charge in [-0.05, 0) is 49.6 Å². The molecular weight excluding hydrogens is 378 g/mol. The highest BCUT2D eigenvalue weighted by Gasteiger charge is 2.26. The summed E-state index contributed by atoms with van der Waals surface area (Å²) in [6.07, 6.45) is 1.65. The Bertz CT molecular complexity index is 1060. The second-order valence-corrected chi connectivity index (χ2v) is 7.12. The number of aromatic hydroxyl groups is 2. The highest BCUT2D eigenvalue weighted by molar-refractivity contribution is 6.29. The molecule has 0 bridgehead atoms. The lowest BCUT2D eigenvalue weighted by molar-refractivity contribution is 0.0982. The van der Waals surface area contributed by atoms with Crippen LogP contribution in [0.25, 0.3) is 11.3 Å². The van der Waals surface area contributed by atoms with Crippen LogP contribution in [0, 0.1) is 6.92 Å². The molecule has 1 aliphatic rings. The average molecular weight is 396 g/mol. The molecule has 1 amide bonds. The van der Waals surface area contributed by atoms with Crippen LogP contribution in [0.2, 0.25) is 5.15 Å². The van der Waals surface area contributed by atoms with Crippen LogP contribution in [0.1, 0.15) is 28.2 Å². The van der Waals surface area contributed by atoms with Gasteiger partial charge >= 0.3 is 0 Å². The van der Waals surface area contributed by atoms with Crippen molar-refractivity contribution in [1.82, 2.24) is 9.97 Å². The third kappa shape index (κ3) is 3.39. The predicted octanol–water partition coefficient (Wildman–Crippen LogP) is 4.11. The van der Waals surface area contributed by atoms with E-state index in [-0.39, 0.29) is 23.0 Å². The molecule has 2 aromatic carbocycles. The van der Waals surface area contributed by atoms with Gasteiger partial charge in [-0.2, -0.15) is 0 Å². The lowest BCUT2D eigenvalue weighted by Crippen LogP contribution is -2.35. The summed E-state index contributed by atoms with van der Waals surface area (Å²) in [5, 5.41) is 19.9. The fraction of sp³-hybridized carbons (Fsp3) is 0.190. The van der Waals surface area contributed by atoms with Gasteiger partial charge in [0, 0.05) is 29.9 Å². The van der Waals surface area contributed by atoms with Gasteiger partial charge in [-0.15, -0.1) is 0 Å². The SMILES string of the molecule is Cc1nc(Cl)cc(-c2ccc3c(c2)CCCN3C(=O)c2ccc(O)cc2O)n1. The van der Waals surface area contributed by atoms with Crippen LogP contribution in [0.5, 0.6) is 11.5 Å². The lowest BCUT2D eigenvalue weighted by Gasteiger charge is -2.30. The molecule has 0 saturated heterocycles. The van der Waals surface area contributed by atoms with Gasteiger partial charge in [0.1, 0.15) is 22.5 Å². The Kier molecular flexibility index (Phi) is 4.65. The maximum absolute atomic E-state index is 13.0. The van der Waals surface area contributed by atoms with E-state index in [0.717, 1.165) is 35.3 Å². The van der Waals surface area contributed by atoms with Crippen molar-refractivity contribution in [2.45, 2.75) is 19.8 Å². The maximum Gasteiger partial charge on any atom is 0.262 e. The molecule has 1 aromatic heterocycles. The quantitative estimate of drug-likeness (QED) is 0.637. The minimum absolute atomic E-state index is 0.0865. The Morgan fingerprint density at radius 3 is 2.68 bits per heavy atom. The number of carbonyl (C=O) groups is 1. The molecule has 2 heterocycles. The summed E-state index contributed by atoms with van der Waals surface area (Å²) in [5.41, 5.74) is 3.65. The fourth-order valence-corrected chi connectivity index (χ4v) is 3.72. The van der Waals surface area contributed by atoms with Gasteiger partial charge in [-0.3, -0.25) is 4.79 Å². The van der Waals surface area contributed by atoms with Crippen molar-refractivity contribution >= 4 is 23.2 Å². The van der Waals surface area contributed by atoms with E-state index in [1.54, 1.807) is 17.9 Å². The molecule has 0 atom stereocenters. The molecule has 0 fully saturated rings. The van der Waals surface area contributed by atoms with Gasteiger partial charge in [-0.1, -0.05) is 17.7 Å². The molecule has 4 rings (SSSR count). The minimum atomic E-state index is -0.299. The number of amides is 1. The van der Waals surface area contributed by atoms with Crippen LogP contribution in [0.4, 0.5) is 5.69 Å². The molecule has 0 aliphatic carbocycles. The normalized spacial score (nSPS) is 13.3. The first kappa shape index (κ1) is 18.3. The minimum Gasteiger partial charge on any atom is -0.508 e. The number of benzene rings is 2. The first-order valence-corrected chi connectivity index (χ1v) is 9.28. The van der Waals surface area contributed by atoms with E-state index < -0.39 is 0 Å². The molecule has 3 aromatic rings. The summed E-state index contributed by atoms with van der Waals surface area (Å²) in [6.45, 7) is 2.35. The zero-order valence-electron chi connectivity index (χ0n) is 15.2. The topological polar surface area (TPSA) is 86.6 Å². The van der Waals surface area contributed by atoms with Crippen molar-refractivity contribution < 1.29 is 15.0 Å². The Balaban J connectivity index is 1.71. The van der Waals surface area contributed by atoms with E-state index >= 15 is 0 Å². The van der Waals surface area contributed by atoms with Crippen LogP contribution in [0.3, 0.4) is 0 Å². The summed E-state index contributed by atoms with van der Waals surface area (Å²) in [7, 11) is 0. The summed E-state index contributed by atoms with van der Waals surface area (Å²) in [4.78, 5) is 23.2. The van der Waals surface area contributed by atoms with Crippen molar-refractivity contribution in [3.63, 3.8) is 0 Å². The first-order chi connectivity index (χ1) is 13.4. The van der Waals surface area contributed by atoms with Crippen LogP contribution in [0.15, 0.2) is 42.5 Å². The number of halogens is 1. The van der Waals surface area contributed by atoms with Gasteiger partial charge in [-0.25, -0.2) is 9.97 Å². The number of aromatic nitrogens is 2. The molecule has 1 aliphatic heterocycles. The Morgan fingerprint density at radius 2 is 1.93 bits per heavy atom. The number of hydrogen-bond acceptors (Lipinski definition) is 5. The highest BCUT2D eigenvalue weighted by atomic mass is 35.5. The molecule has 142 valence electrons. The summed E-state index contributed by atoms with van der Waals surface area (Å²) in [6, 6.07) is 11.5.